The van der Waals surface area contributed by atoms with Gasteiger partial charge in [0.05, 0.1) is 28.2 Å². The molecular formula is C11H20N7O+. The summed E-state index contributed by atoms with van der Waals surface area (Å²) in [5, 5.41) is 7.87. The van der Waals surface area contributed by atoms with Crippen LogP contribution in [0.25, 0.3) is 11.2 Å². The minimum atomic E-state index is 0.591. The van der Waals surface area contributed by atoms with Gasteiger partial charge in [-0.15, -0.1) is 5.10 Å². The van der Waals surface area contributed by atoms with Gasteiger partial charge < -0.3 is 5.73 Å². The Morgan fingerprint density at radius 2 is 2.05 bits per heavy atom. The molecule has 0 radical (unpaired) electrons. The van der Waals surface area contributed by atoms with Gasteiger partial charge in [0.1, 0.15) is 5.52 Å². The van der Waals surface area contributed by atoms with E-state index in [4.69, 9.17) is 4.84 Å². The first kappa shape index (κ1) is 14.8. The van der Waals surface area contributed by atoms with Gasteiger partial charge in [0, 0.05) is 6.20 Å². The predicted octanol–water partition coefficient (Wildman–Crippen LogP) is -0.980. The molecule has 0 saturated heterocycles. The quantitative estimate of drug-likeness (QED) is 0.406. The van der Waals surface area contributed by atoms with Crippen LogP contribution in [0.3, 0.4) is 0 Å². The molecule has 0 aliphatic carbocycles. The number of aromatic nitrogens is 4. The predicted molar refractivity (Wildman–Crippen MR) is 72.8 cm³/mol. The first-order valence-corrected chi connectivity index (χ1v) is 5.73. The van der Waals surface area contributed by atoms with E-state index in [0.717, 1.165) is 0 Å². The largest absolute Gasteiger partial charge is 0.472 e. The lowest BCUT2D eigenvalue weighted by molar-refractivity contribution is -0.480. The van der Waals surface area contributed by atoms with Gasteiger partial charge in [-0.1, -0.05) is 0 Å². The normalized spacial score (nSPS) is 9.58. The molecule has 2 aromatic rings. The second-order valence-electron chi connectivity index (χ2n) is 3.97. The van der Waals surface area contributed by atoms with E-state index in [9.17, 15) is 0 Å². The summed E-state index contributed by atoms with van der Waals surface area (Å²) in [5.74, 6) is 0. The smallest absolute Gasteiger partial charge is 0.333 e. The molecule has 2 rings (SSSR count). The maximum absolute atomic E-state index is 5.64. The number of rotatable bonds is 1. The zero-order valence-corrected chi connectivity index (χ0v) is 11.9. The summed E-state index contributed by atoms with van der Waals surface area (Å²) in [6, 6.07) is 4.28. The lowest BCUT2D eigenvalue weighted by atomic mass is 10.4. The molecule has 0 aliphatic rings. The highest BCUT2D eigenvalue weighted by Gasteiger charge is 2.17. The zero-order valence-electron chi connectivity index (χ0n) is 11.9. The van der Waals surface area contributed by atoms with Crippen LogP contribution in [-0.2, 0) is 0 Å². The van der Waals surface area contributed by atoms with Crippen molar-refractivity contribution in [3.8, 4) is 0 Å². The first-order chi connectivity index (χ1) is 9.09. The molecule has 0 bridgehead atoms. The van der Waals surface area contributed by atoms with Gasteiger partial charge in [0.15, 0.2) is 0 Å². The molecule has 0 atom stereocenters. The summed E-state index contributed by atoms with van der Waals surface area (Å²) in [6.07, 6.45) is 1.68. The van der Waals surface area contributed by atoms with E-state index in [0.29, 0.717) is 17.2 Å². The van der Waals surface area contributed by atoms with Gasteiger partial charge >= 0.3 is 6.02 Å². The number of hydrogen-bond acceptors (Lipinski definition) is 5. The Hall–Kier alpha value is -2.22. The minimum Gasteiger partial charge on any atom is -0.333 e. The van der Waals surface area contributed by atoms with Crippen LogP contribution in [0.5, 0.6) is 0 Å². The Labute approximate surface area is 112 Å². The maximum Gasteiger partial charge on any atom is 0.472 e. The monoisotopic (exact) mass is 266 g/mol. The summed E-state index contributed by atoms with van der Waals surface area (Å²) in [7, 11) is 9.06. The standard InChI is InChI=1S/C10H15N6O.CH5N/c1-14(2)10(15(3)4)17-16-9-8(12-13-16)6-5-7-11-9;1-2/h5-7H,1-4H3;2H2,1H3/q+1;. The van der Waals surface area contributed by atoms with Crippen LogP contribution in [0, 0.1) is 0 Å². The Kier molecular flexibility index (Phi) is 5.19. The van der Waals surface area contributed by atoms with Gasteiger partial charge in [-0.2, -0.15) is 0 Å². The van der Waals surface area contributed by atoms with Crippen molar-refractivity contribution in [2.45, 2.75) is 0 Å². The summed E-state index contributed by atoms with van der Waals surface area (Å²) < 4.78 is 1.84. The molecule has 19 heavy (non-hydrogen) atoms. The van der Waals surface area contributed by atoms with Gasteiger partial charge in [-0.3, -0.25) is 4.84 Å². The minimum absolute atomic E-state index is 0.591. The van der Waals surface area contributed by atoms with Crippen LogP contribution < -0.4 is 10.6 Å². The lowest BCUT2D eigenvalue weighted by Gasteiger charge is -2.09. The molecule has 0 fully saturated rings. The lowest BCUT2D eigenvalue weighted by Crippen LogP contribution is -2.39. The fraction of sp³-hybridized carbons (Fsp3) is 0.455. The van der Waals surface area contributed by atoms with Gasteiger partial charge in [0.25, 0.3) is 0 Å². The zero-order chi connectivity index (χ0) is 14.4. The van der Waals surface area contributed by atoms with Crippen molar-refractivity contribution in [2.75, 3.05) is 35.2 Å². The highest BCUT2D eigenvalue weighted by Crippen LogP contribution is 2.04. The highest BCUT2D eigenvalue weighted by atomic mass is 16.7. The van der Waals surface area contributed by atoms with Gasteiger partial charge in [0.2, 0.25) is 5.65 Å². The Morgan fingerprint density at radius 3 is 2.63 bits per heavy atom. The van der Waals surface area contributed by atoms with Crippen molar-refractivity contribution < 1.29 is 9.41 Å². The molecule has 0 unspecified atom stereocenters. The van der Waals surface area contributed by atoms with Crippen LogP contribution in [-0.4, -0.2) is 70.9 Å². The average molecular weight is 266 g/mol. The van der Waals surface area contributed by atoms with Crippen LogP contribution in [0.2, 0.25) is 0 Å². The number of nitrogens with two attached hydrogens (primary N) is 1. The third kappa shape index (κ3) is 3.38. The van der Waals surface area contributed by atoms with Crippen LogP contribution in [0.1, 0.15) is 0 Å². The summed E-state index contributed by atoms with van der Waals surface area (Å²) >= 11 is 0. The molecule has 0 aliphatic heterocycles. The van der Waals surface area contributed by atoms with Crippen LogP contribution >= 0.6 is 0 Å². The molecule has 8 heteroatoms. The Morgan fingerprint density at radius 1 is 1.37 bits per heavy atom. The van der Waals surface area contributed by atoms with Crippen molar-refractivity contribution >= 4 is 17.2 Å². The molecule has 0 saturated carbocycles. The fourth-order valence-corrected chi connectivity index (χ4v) is 1.45. The van der Waals surface area contributed by atoms with Crippen molar-refractivity contribution in [1.82, 2.24) is 25.0 Å². The van der Waals surface area contributed by atoms with E-state index in [-0.39, 0.29) is 0 Å². The van der Waals surface area contributed by atoms with E-state index < -0.39 is 0 Å². The number of fused-ring (bicyclic) bond motifs is 1. The number of pyridine rings is 1. The second kappa shape index (κ2) is 6.64. The molecule has 8 nitrogen and oxygen atoms in total. The maximum atomic E-state index is 5.64. The summed E-state index contributed by atoms with van der Waals surface area (Å²) in [4.78, 5) is 13.0. The van der Waals surface area contributed by atoms with Crippen LogP contribution in [0.4, 0.5) is 0 Å². The van der Waals surface area contributed by atoms with Crippen molar-refractivity contribution in [3.63, 3.8) is 0 Å². The molecule has 2 aromatic heterocycles. The summed E-state index contributed by atoms with van der Waals surface area (Å²) in [5.41, 5.74) is 5.79. The molecule has 104 valence electrons. The second-order valence-corrected chi connectivity index (χ2v) is 3.97. The SMILES string of the molecule is CN.CN(C)C(On1nnc2cccnc21)=[N+](C)C. The third-order valence-corrected chi connectivity index (χ3v) is 2.11. The van der Waals surface area contributed by atoms with Gasteiger partial charge in [-0.05, 0) is 29.2 Å². The molecule has 0 amide bonds. The van der Waals surface area contributed by atoms with Crippen molar-refractivity contribution in [2.24, 2.45) is 5.73 Å². The molecule has 2 N–H and O–H groups in total. The fourth-order valence-electron chi connectivity index (χ4n) is 1.45. The molecular weight excluding hydrogens is 246 g/mol. The van der Waals surface area contributed by atoms with Crippen molar-refractivity contribution in [3.05, 3.63) is 18.3 Å². The van der Waals surface area contributed by atoms with E-state index in [2.05, 4.69) is 21.0 Å². The van der Waals surface area contributed by atoms with E-state index in [1.54, 1.807) is 6.20 Å². The molecule has 0 aromatic carbocycles. The van der Waals surface area contributed by atoms with E-state index in [1.165, 1.54) is 11.9 Å². The molecule has 0 spiro atoms. The van der Waals surface area contributed by atoms with Crippen molar-refractivity contribution in [1.29, 1.82) is 0 Å². The van der Waals surface area contributed by atoms with Gasteiger partial charge in [-0.25, -0.2) is 14.5 Å². The average Bonchev–Trinajstić information content (AvgIpc) is 2.81. The first-order valence-electron chi connectivity index (χ1n) is 5.73. The van der Waals surface area contributed by atoms with E-state index in [1.807, 2.05) is 49.8 Å². The molecule has 2 heterocycles. The summed E-state index contributed by atoms with van der Waals surface area (Å²) in [6.45, 7) is 0. The topological polar surface area (TPSA) is 85.1 Å². The third-order valence-electron chi connectivity index (χ3n) is 2.11. The number of nitrogens with zero attached hydrogens (tertiary/aromatic N) is 6. The van der Waals surface area contributed by atoms with E-state index >= 15 is 0 Å². The van der Waals surface area contributed by atoms with Crippen LogP contribution in [0.15, 0.2) is 18.3 Å². The number of amidine groups is 1. The highest BCUT2D eigenvalue weighted by molar-refractivity contribution is 5.71. The Balaban J connectivity index is 0.000000861. The Bertz CT molecular complexity index is 557. The number of hydrogen-bond donors (Lipinski definition) is 1.